The molecule has 0 saturated heterocycles. The molecule has 2 rings (SSSR count). The maximum absolute atomic E-state index is 12.3. The molecule has 0 aliphatic rings. The molecule has 106 valence electrons. The van der Waals surface area contributed by atoms with Gasteiger partial charge in [0.25, 0.3) is 0 Å². The van der Waals surface area contributed by atoms with Crippen LogP contribution in [-0.4, -0.2) is 10.9 Å². The number of aromatic nitrogens is 1. The summed E-state index contributed by atoms with van der Waals surface area (Å²) in [5.74, 6) is -0.258. The Bertz CT molecular complexity index is 589. The van der Waals surface area contributed by atoms with Gasteiger partial charge in [-0.15, -0.1) is 0 Å². The van der Waals surface area contributed by atoms with Crippen LogP contribution in [0.5, 0.6) is 0 Å². The Hall–Kier alpha value is -1.88. The lowest BCUT2D eigenvalue weighted by atomic mass is 10.0. The summed E-state index contributed by atoms with van der Waals surface area (Å²) >= 11 is 0. The van der Waals surface area contributed by atoms with Crippen LogP contribution in [0.15, 0.2) is 35.8 Å². The summed E-state index contributed by atoms with van der Waals surface area (Å²) in [4.78, 5) is 16.6. The minimum absolute atomic E-state index is 0.0321. The van der Waals surface area contributed by atoms with Crippen molar-refractivity contribution in [3.63, 3.8) is 0 Å². The summed E-state index contributed by atoms with van der Waals surface area (Å²) in [7, 11) is -0.0965. The van der Waals surface area contributed by atoms with Crippen LogP contribution in [0.25, 0.3) is 0 Å². The van der Waals surface area contributed by atoms with E-state index in [0.29, 0.717) is 10.9 Å². The highest BCUT2D eigenvalue weighted by atomic mass is 32.2. The van der Waals surface area contributed by atoms with Crippen LogP contribution in [0, 0.1) is 0 Å². The number of hydrogen-bond acceptors (Lipinski definition) is 3. The fraction of sp³-hybridized carbons (Fsp3) is 0.333. The number of nitrogen functional groups attached to an aromatic ring is 1. The number of nitrogens with one attached hydrogen (secondary N) is 1. The largest absolute Gasteiger partial charge is 0.399 e. The SMILES string of the molecule is CC(C)[s+]1ccnc1NC(=O)[C@@H](C)c1ccc(N)cc1. The first-order valence-corrected chi connectivity index (χ1v) is 7.97. The van der Waals surface area contributed by atoms with Crippen molar-refractivity contribution in [1.82, 2.24) is 4.98 Å². The standard InChI is InChI=1S/C15H19N3OS/c1-10(2)20-9-8-17-15(20)18-14(19)11(3)12-4-6-13(16)7-5-12/h4-11H,16H2,1-3H3/p+1/t11-,20?/m0/s1. The quantitative estimate of drug-likeness (QED) is 0.666. The molecule has 0 aliphatic heterocycles. The molecule has 2 atom stereocenters. The number of benzene rings is 1. The molecule has 0 aliphatic carbocycles. The zero-order valence-electron chi connectivity index (χ0n) is 12.0. The van der Waals surface area contributed by atoms with E-state index in [4.69, 9.17) is 5.73 Å². The lowest BCUT2D eigenvalue weighted by Crippen LogP contribution is -2.19. The molecule has 1 unspecified atom stereocenters. The van der Waals surface area contributed by atoms with Crippen LogP contribution in [0.3, 0.4) is 0 Å². The highest BCUT2D eigenvalue weighted by molar-refractivity contribution is 7.33. The number of rotatable bonds is 4. The van der Waals surface area contributed by atoms with Gasteiger partial charge in [0, 0.05) is 16.2 Å². The van der Waals surface area contributed by atoms with E-state index in [1.165, 1.54) is 0 Å². The molecule has 1 heterocycles. The van der Waals surface area contributed by atoms with Crippen molar-refractivity contribution in [2.24, 2.45) is 0 Å². The van der Waals surface area contributed by atoms with E-state index in [2.05, 4.69) is 24.1 Å². The molecule has 0 bridgehead atoms. The van der Waals surface area contributed by atoms with Crippen LogP contribution < -0.4 is 11.1 Å². The smallest absolute Gasteiger partial charge is 0.346 e. The topological polar surface area (TPSA) is 68.0 Å². The summed E-state index contributed by atoms with van der Waals surface area (Å²) in [5, 5.41) is 6.22. The molecular weight excluding hydrogens is 270 g/mol. The summed E-state index contributed by atoms with van der Waals surface area (Å²) < 4.78 is 0. The van der Waals surface area contributed by atoms with Crippen molar-refractivity contribution in [3.8, 4) is 0 Å². The monoisotopic (exact) mass is 290 g/mol. The predicted molar refractivity (Wildman–Crippen MR) is 85.0 cm³/mol. The number of thiazole rings is 1. The normalized spacial score (nSPS) is 13.3. The highest BCUT2D eigenvalue weighted by Gasteiger charge is 2.23. The number of nitrogens with zero attached hydrogens (tertiary/aromatic N) is 1. The molecule has 0 fully saturated rings. The van der Waals surface area contributed by atoms with E-state index in [0.717, 1.165) is 10.7 Å². The van der Waals surface area contributed by atoms with Gasteiger partial charge in [0.1, 0.15) is 5.25 Å². The molecule has 0 saturated carbocycles. The van der Waals surface area contributed by atoms with E-state index < -0.39 is 0 Å². The molecule has 4 nitrogen and oxygen atoms in total. The number of nitrogens with two attached hydrogens (primary N) is 1. The summed E-state index contributed by atoms with van der Waals surface area (Å²) in [6.45, 7) is 6.14. The molecule has 20 heavy (non-hydrogen) atoms. The van der Waals surface area contributed by atoms with Gasteiger partial charge in [-0.1, -0.05) is 12.1 Å². The maximum atomic E-state index is 12.3. The number of hydrogen-bond donors (Lipinski definition) is 2. The first-order valence-electron chi connectivity index (χ1n) is 6.61. The Morgan fingerprint density at radius 3 is 2.50 bits per heavy atom. The Morgan fingerprint density at radius 2 is 1.90 bits per heavy atom. The number of carbonyl (C=O) groups excluding carboxylic acids is 1. The van der Waals surface area contributed by atoms with Gasteiger partial charge in [-0.25, -0.2) is 0 Å². The molecule has 3 N–H and O–H groups in total. The van der Waals surface area contributed by atoms with Gasteiger partial charge < -0.3 is 5.73 Å². The fourth-order valence-corrected chi connectivity index (χ4v) is 3.39. The van der Waals surface area contributed by atoms with Crippen molar-refractivity contribution in [2.45, 2.75) is 31.9 Å². The lowest BCUT2D eigenvalue weighted by Gasteiger charge is -2.10. The van der Waals surface area contributed by atoms with Gasteiger partial charge in [-0.3, -0.25) is 10.1 Å². The Balaban J connectivity index is 2.11. The third-order valence-corrected chi connectivity index (χ3v) is 5.27. The predicted octanol–water partition coefficient (Wildman–Crippen LogP) is 3.74. The average molecular weight is 290 g/mol. The van der Waals surface area contributed by atoms with Gasteiger partial charge in [-0.2, -0.15) is 4.98 Å². The van der Waals surface area contributed by atoms with Crippen molar-refractivity contribution in [3.05, 3.63) is 41.4 Å². The number of carbonyl (C=O) groups is 1. The van der Waals surface area contributed by atoms with Crippen LogP contribution in [0.1, 0.15) is 37.5 Å². The van der Waals surface area contributed by atoms with Crippen LogP contribution in [-0.2, 0) is 4.79 Å². The van der Waals surface area contributed by atoms with Crippen molar-refractivity contribution < 1.29 is 4.79 Å². The molecular formula is C15H20N3OS+. The molecule has 1 aromatic heterocycles. The van der Waals surface area contributed by atoms with E-state index in [1.807, 2.05) is 36.6 Å². The molecule has 0 spiro atoms. The summed E-state index contributed by atoms with van der Waals surface area (Å²) in [6, 6.07) is 7.39. The summed E-state index contributed by atoms with van der Waals surface area (Å²) in [6.07, 6.45) is 1.77. The average Bonchev–Trinajstić information content (AvgIpc) is 2.87. The van der Waals surface area contributed by atoms with Crippen LogP contribution >= 0.6 is 10.5 Å². The Kier molecular flexibility index (Phi) is 4.39. The van der Waals surface area contributed by atoms with Gasteiger partial charge in [0.2, 0.25) is 5.91 Å². The van der Waals surface area contributed by atoms with Crippen molar-refractivity contribution >= 4 is 27.2 Å². The van der Waals surface area contributed by atoms with Gasteiger partial charge in [-0.05, 0) is 38.5 Å². The lowest BCUT2D eigenvalue weighted by molar-refractivity contribution is -0.117. The van der Waals surface area contributed by atoms with E-state index >= 15 is 0 Å². The second-order valence-corrected chi connectivity index (χ2v) is 7.36. The van der Waals surface area contributed by atoms with E-state index in [9.17, 15) is 4.79 Å². The third-order valence-electron chi connectivity index (χ3n) is 3.19. The number of anilines is 2. The maximum Gasteiger partial charge on any atom is 0.346 e. The highest BCUT2D eigenvalue weighted by Crippen LogP contribution is 2.37. The third kappa shape index (κ3) is 3.17. The first kappa shape index (κ1) is 14.5. The minimum atomic E-state index is -0.225. The van der Waals surface area contributed by atoms with Crippen molar-refractivity contribution in [1.29, 1.82) is 0 Å². The van der Waals surface area contributed by atoms with Crippen LogP contribution in [0.2, 0.25) is 0 Å². The van der Waals surface area contributed by atoms with Gasteiger partial charge in [0.15, 0.2) is 5.38 Å². The fourth-order valence-electron chi connectivity index (χ4n) is 1.91. The first-order chi connectivity index (χ1) is 9.49. The van der Waals surface area contributed by atoms with Crippen molar-refractivity contribution in [2.75, 3.05) is 11.1 Å². The second kappa shape index (κ2) is 6.05. The summed E-state index contributed by atoms with van der Waals surface area (Å²) in [5.41, 5.74) is 7.31. The number of amides is 1. The Labute approximate surface area is 122 Å². The van der Waals surface area contributed by atoms with Gasteiger partial charge in [0.05, 0.1) is 12.1 Å². The molecule has 1 amide bonds. The van der Waals surface area contributed by atoms with E-state index in [1.54, 1.807) is 6.20 Å². The van der Waals surface area contributed by atoms with Crippen LogP contribution in [0.4, 0.5) is 10.8 Å². The molecule has 1 aromatic carbocycles. The minimum Gasteiger partial charge on any atom is -0.399 e. The van der Waals surface area contributed by atoms with Gasteiger partial charge >= 0.3 is 5.13 Å². The molecule has 0 radical (unpaired) electrons. The molecule has 5 heteroatoms. The van der Waals surface area contributed by atoms with E-state index in [-0.39, 0.29) is 22.3 Å². The molecule has 2 aromatic rings. The Morgan fingerprint density at radius 1 is 1.25 bits per heavy atom. The zero-order chi connectivity index (χ0) is 14.7. The zero-order valence-corrected chi connectivity index (χ0v) is 12.8. The second-order valence-electron chi connectivity index (χ2n) is 5.02.